The quantitative estimate of drug-likeness (QED) is 0.341. The smallest absolute Gasteiger partial charge is 0.220 e. The molecule has 0 atom stereocenters. The maximum atomic E-state index is 11.6. The Morgan fingerprint density at radius 2 is 2.00 bits per heavy atom. The first-order chi connectivity index (χ1) is 13.7. The Labute approximate surface area is 194 Å². The van der Waals surface area contributed by atoms with Gasteiger partial charge < -0.3 is 15.5 Å². The van der Waals surface area contributed by atoms with Crippen molar-refractivity contribution in [1.29, 1.82) is 0 Å². The molecule has 0 spiro atoms. The van der Waals surface area contributed by atoms with Gasteiger partial charge >= 0.3 is 0 Å². The molecule has 2 heterocycles. The van der Waals surface area contributed by atoms with Gasteiger partial charge in [0.15, 0.2) is 5.96 Å². The summed E-state index contributed by atoms with van der Waals surface area (Å²) in [5.74, 6) is 1.54. The van der Waals surface area contributed by atoms with E-state index in [0.717, 1.165) is 54.7 Å². The second-order valence-corrected chi connectivity index (χ2v) is 7.91. The first-order valence-corrected chi connectivity index (χ1v) is 10.8. The van der Waals surface area contributed by atoms with Gasteiger partial charge in [-0.2, -0.15) is 0 Å². The molecule has 6 nitrogen and oxygen atoms in total. The highest BCUT2D eigenvalue weighted by Crippen LogP contribution is 2.23. The van der Waals surface area contributed by atoms with Crippen molar-refractivity contribution in [3.8, 4) is 11.3 Å². The van der Waals surface area contributed by atoms with Crippen molar-refractivity contribution in [1.82, 2.24) is 20.5 Å². The molecule has 0 bridgehead atoms. The summed E-state index contributed by atoms with van der Waals surface area (Å²) < 4.78 is 0. The molecule has 1 amide bonds. The monoisotopic (exact) mass is 527 g/mol. The summed E-state index contributed by atoms with van der Waals surface area (Å²) in [4.78, 5) is 23.4. The molecule has 1 aromatic carbocycles. The summed E-state index contributed by atoms with van der Waals surface area (Å²) in [7, 11) is 1.70. The number of rotatable bonds is 6. The highest BCUT2D eigenvalue weighted by molar-refractivity contribution is 14.0. The molecule has 0 radical (unpaired) electrons. The molecule has 2 aromatic rings. The zero-order valence-electron chi connectivity index (χ0n) is 17.1. The number of nitrogens with zero attached hydrogens (tertiary/aromatic N) is 3. The SMILES string of the molecule is CCNC(=NCc1nc(-c2ccccc2)cs1)N1CCC(CC(=O)NC)CC1.I. The molecule has 8 heteroatoms. The maximum Gasteiger partial charge on any atom is 0.220 e. The number of hydrogen-bond donors (Lipinski definition) is 2. The molecule has 0 saturated carbocycles. The van der Waals surface area contributed by atoms with E-state index in [-0.39, 0.29) is 29.9 Å². The Hall–Kier alpha value is -1.68. The molecular formula is C21H30IN5OS. The topological polar surface area (TPSA) is 69.6 Å². The number of halogens is 1. The molecular weight excluding hydrogens is 497 g/mol. The van der Waals surface area contributed by atoms with Crippen LogP contribution in [0.4, 0.5) is 0 Å². The van der Waals surface area contributed by atoms with Crippen LogP contribution in [0.1, 0.15) is 31.2 Å². The van der Waals surface area contributed by atoms with E-state index in [2.05, 4.69) is 40.0 Å². The number of thiazole rings is 1. The highest BCUT2D eigenvalue weighted by atomic mass is 127. The van der Waals surface area contributed by atoms with Crippen LogP contribution < -0.4 is 10.6 Å². The van der Waals surface area contributed by atoms with Crippen LogP contribution in [0.25, 0.3) is 11.3 Å². The van der Waals surface area contributed by atoms with E-state index < -0.39 is 0 Å². The van der Waals surface area contributed by atoms with Crippen LogP contribution in [0.5, 0.6) is 0 Å². The van der Waals surface area contributed by atoms with Crippen LogP contribution in [0.2, 0.25) is 0 Å². The summed E-state index contributed by atoms with van der Waals surface area (Å²) in [5.41, 5.74) is 2.15. The minimum Gasteiger partial charge on any atom is -0.359 e. The van der Waals surface area contributed by atoms with Gasteiger partial charge in [0.25, 0.3) is 0 Å². The van der Waals surface area contributed by atoms with Gasteiger partial charge in [0, 0.05) is 44.0 Å². The minimum absolute atomic E-state index is 0. The van der Waals surface area contributed by atoms with Gasteiger partial charge in [0.1, 0.15) is 5.01 Å². The van der Waals surface area contributed by atoms with Crippen LogP contribution in [-0.4, -0.2) is 48.4 Å². The third kappa shape index (κ3) is 6.95. The van der Waals surface area contributed by atoms with Crippen molar-refractivity contribution < 1.29 is 4.79 Å². The zero-order chi connectivity index (χ0) is 19.8. The van der Waals surface area contributed by atoms with Crippen LogP contribution >= 0.6 is 35.3 Å². The van der Waals surface area contributed by atoms with Gasteiger partial charge in [0.2, 0.25) is 5.91 Å². The number of carbonyl (C=O) groups excluding carboxylic acids is 1. The van der Waals surface area contributed by atoms with Gasteiger partial charge in [0.05, 0.1) is 12.2 Å². The number of aromatic nitrogens is 1. The highest BCUT2D eigenvalue weighted by Gasteiger charge is 2.23. The van der Waals surface area contributed by atoms with Crippen LogP contribution in [0.3, 0.4) is 0 Å². The van der Waals surface area contributed by atoms with E-state index in [0.29, 0.717) is 18.9 Å². The third-order valence-corrected chi connectivity index (χ3v) is 5.82. The molecule has 29 heavy (non-hydrogen) atoms. The van der Waals surface area contributed by atoms with Crippen molar-refractivity contribution in [3.63, 3.8) is 0 Å². The van der Waals surface area contributed by atoms with E-state index in [1.54, 1.807) is 18.4 Å². The van der Waals surface area contributed by atoms with E-state index >= 15 is 0 Å². The van der Waals surface area contributed by atoms with Crippen LogP contribution in [0.15, 0.2) is 40.7 Å². The summed E-state index contributed by atoms with van der Waals surface area (Å²) in [6.07, 6.45) is 2.67. The fourth-order valence-corrected chi connectivity index (χ4v) is 4.13. The van der Waals surface area contributed by atoms with E-state index in [4.69, 9.17) is 9.98 Å². The average Bonchev–Trinajstić information content (AvgIpc) is 3.21. The molecule has 1 saturated heterocycles. The largest absolute Gasteiger partial charge is 0.359 e. The van der Waals surface area contributed by atoms with E-state index in [1.807, 2.05) is 18.2 Å². The second-order valence-electron chi connectivity index (χ2n) is 6.97. The lowest BCUT2D eigenvalue weighted by atomic mass is 9.93. The Morgan fingerprint density at radius 1 is 1.28 bits per heavy atom. The molecule has 1 aliphatic heterocycles. The molecule has 1 aromatic heterocycles. The fourth-order valence-electron chi connectivity index (χ4n) is 3.41. The minimum atomic E-state index is 0. The first kappa shape index (κ1) is 23.6. The van der Waals surface area contributed by atoms with Gasteiger partial charge in [-0.05, 0) is 25.7 Å². The lowest BCUT2D eigenvalue weighted by Crippen LogP contribution is -2.46. The van der Waals surface area contributed by atoms with Gasteiger partial charge in [-0.15, -0.1) is 35.3 Å². The van der Waals surface area contributed by atoms with Crippen molar-refractivity contribution >= 4 is 47.2 Å². The van der Waals surface area contributed by atoms with Crippen LogP contribution in [-0.2, 0) is 11.3 Å². The molecule has 1 fully saturated rings. The number of amides is 1. The van der Waals surface area contributed by atoms with E-state index in [1.165, 1.54) is 0 Å². The Kier molecular flexibility index (Phi) is 9.86. The predicted molar refractivity (Wildman–Crippen MR) is 131 cm³/mol. The number of guanidine groups is 1. The lowest BCUT2D eigenvalue weighted by molar-refractivity contribution is -0.121. The Bertz CT molecular complexity index is 787. The standard InChI is InChI=1S/C21H29N5OS.HI/c1-3-23-21(26-11-9-16(10-12-26)13-19(27)22-2)24-14-20-25-18(15-28-20)17-7-5-4-6-8-17;/h4-8,15-16H,3,9-14H2,1-2H3,(H,22,27)(H,23,24);1H. The van der Waals surface area contributed by atoms with E-state index in [9.17, 15) is 4.79 Å². The lowest BCUT2D eigenvalue weighted by Gasteiger charge is -2.34. The third-order valence-electron chi connectivity index (χ3n) is 4.99. The molecule has 0 aliphatic carbocycles. The summed E-state index contributed by atoms with van der Waals surface area (Å²) >= 11 is 1.65. The molecule has 2 N–H and O–H groups in total. The van der Waals surface area contributed by atoms with Gasteiger partial charge in [-0.1, -0.05) is 30.3 Å². The Morgan fingerprint density at radius 3 is 2.66 bits per heavy atom. The van der Waals surface area contributed by atoms with Crippen molar-refractivity contribution in [3.05, 3.63) is 40.7 Å². The van der Waals surface area contributed by atoms with Crippen molar-refractivity contribution in [2.75, 3.05) is 26.7 Å². The number of hydrogen-bond acceptors (Lipinski definition) is 4. The predicted octanol–water partition coefficient (Wildman–Crippen LogP) is 3.74. The number of likely N-dealkylation sites (tertiary alicyclic amines) is 1. The maximum absolute atomic E-state index is 11.6. The molecule has 3 rings (SSSR count). The van der Waals surface area contributed by atoms with Crippen molar-refractivity contribution in [2.45, 2.75) is 32.7 Å². The zero-order valence-corrected chi connectivity index (χ0v) is 20.2. The van der Waals surface area contributed by atoms with Crippen LogP contribution in [0, 0.1) is 5.92 Å². The number of aliphatic imine (C=N–C) groups is 1. The first-order valence-electron chi connectivity index (χ1n) is 9.93. The summed E-state index contributed by atoms with van der Waals surface area (Å²) in [5, 5.41) is 9.24. The molecule has 158 valence electrons. The number of nitrogens with one attached hydrogen (secondary N) is 2. The summed E-state index contributed by atoms with van der Waals surface area (Å²) in [6.45, 7) is 5.37. The second kappa shape index (κ2) is 12.1. The van der Waals surface area contributed by atoms with Gasteiger partial charge in [-0.25, -0.2) is 9.98 Å². The molecule has 1 aliphatic rings. The normalized spacial score (nSPS) is 15.0. The van der Waals surface area contributed by atoms with Gasteiger partial charge in [-0.3, -0.25) is 4.79 Å². The average molecular weight is 527 g/mol. The Balaban J connectivity index is 0.00000300. The van der Waals surface area contributed by atoms with Crippen molar-refractivity contribution in [2.24, 2.45) is 10.9 Å². The molecule has 0 unspecified atom stereocenters. The fraction of sp³-hybridized carbons (Fsp3) is 0.476. The number of benzene rings is 1. The number of piperidine rings is 1. The number of carbonyl (C=O) groups is 1. The summed E-state index contributed by atoms with van der Waals surface area (Å²) in [6, 6.07) is 10.2.